The van der Waals surface area contributed by atoms with Crippen LogP contribution in [0.3, 0.4) is 0 Å². The second-order valence-corrected chi connectivity index (χ2v) is 5.35. The van der Waals surface area contributed by atoms with Crippen molar-refractivity contribution in [3.8, 4) is 5.75 Å². The minimum Gasteiger partial charge on any atom is -0.484 e. The molecule has 1 saturated heterocycles. The van der Waals surface area contributed by atoms with E-state index in [1.807, 2.05) is 5.01 Å². The molecule has 3 N–H and O–H groups in total. The van der Waals surface area contributed by atoms with Gasteiger partial charge in [-0.3, -0.25) is 10.2 Å². The molecule has 1 aromatic carbocycles. The third-order valence-electron chi connectivity index (χ3n) is 2.90. The molecule has 0 spiro atoms. The van der Waals surface area contributed by atoms with Crippen molar-refractivity contribution in [1.29, 1.82) is 0 Å². The zero-order valence-electron chi connectivity index (χ0n) is 13.3. The first-order valence-electron chi connectivity index (χ1n) is 7.22. The molecule has 1 aromatic rings. The number of nitrogens with zero attached hydrogens (tertiary/aromatic N) is 1. The van der Waals surface area contributed by atoms with Gasteiger partial charge in [-0.25, -0.2) is 14.2 Å². The zero-order chi connectivity index (χ0) is 19.7. The quantitative estimate of drug-likeness (QED) is 0.661. The number of hydrazine groups is 1. The molecule has 1 aliphatic heterocycles. The molecule has 1 fully saturated rings. The number of alkyl halides is 3. The average molecular weight is 402 g/mol. The van der Waals surface area contributed by atoms with Gasteiger partial charge in [0.05, 0.1) is 5.02 Å². The van der Waals surface area contributed by atoms with Crippen LogP contribution in [0.4, 0.5) is 17.6 Å². The number of piperazine rings is 1. The van der Waals surface area contributed by atoms with Gasteiger partial charge in [0.25, 0.3) is 5.91 Å². The van der Waals surface area contributed by atoms with Crippen LogP contribution in [0, 0.1) is 5.82 Å². The van der Waals surface area contributed by atoms with E-state index in [1.165, 1.54) is 12.1 Å². The SMILES string of the molecule is O=C(COc1ccc(Cl)c(F)c1)NN1CCNCC1.O=C(O)C(F)(F)F. The summed E-state index contributed by atoms with van der Waals surface area (Å²) in [5.74, 6) is -3.32. The van der Waals surface area contributed by atoms with Crippen molar-refractivity contribution in [2.24, 2.45) is 0 Å². The van der Waals surface area contributed by atoms with Crippen LogP contribution in [0.1, 0.15) is 0 Å². The third-order valence-corrected chi connectivity index (χ3v) is 3.21. The summed E-state index contributed by atoms with van der Waals surface area (Å²) in [7, 11) is 0. The number of halogens is 5. The summed E-state index contributed by atoms with van der Waals surface area (Å²) >= 11 is 5.55. The van der Waals surface area contributed by atoms with Crippen molar-refractivity contribution in [1.82, 2.24) is 15.8 Å². The molecule has 0 atom stereocenters. The first-order valence-corrected chi connectivity index (χ1v) is 7.60. The zero-order valence-corrected chi connectivity index (χ0v) is 14.0. The van der Waals surface area contributed by atoms with Crippen molar-refractivity contribution in [2.75, 3.05) is 32.8 Å². The highest BCUT2D eigenvalue weighted by atomic mass is 35.5. The lowest BCUT2D eigenvalue weighted by atomic mass is 10.3. The highest BCUT2D eigenvalue weighted by molar-refractivity contribution is 6.30. The maximum absolute atomic E-state index is 13.1. The lowest BCUT2D eigenvalue weighted by Gasteiger charge is -2.27. The smallest absolute Gasteiger partial charge is 0.484 e. The normalized spacial score (nSPS) is 14.8. The number of amides is 1. The van der Waals surface area contributed by atoms with Crippen LogP contribution >= 0.6 is 11.6 Å². The van der Waals surface area contributed by atoms with Crippen molar-refractivity contribution in [2.45, 2.75) is 6.18 Å². The van der Waals surface area contributed by atoms with Gasteiger partial charge in [-0.2, -0.15) is 13.2 Å². The van der Waals surface area contributed by atoms with Gasteiger partial charge in [0.2, 0.25) is 0 Å². The lowest BCUT2D eigenvalue weighted by molar-refractivity contribution is -0.192. The number of carboxylic acid groups (broad SMARTS) is 1. The molecule has 0 saturated carbocycles. The van der Waals surface area contributed by atoms with Gasteiger partial charge in [0.15, 0.2) is 6.61 Å². The van der Waals surface area contributed by atoms with E-state index in [1.54, 1.807) is 0 Å². The van der Waals surface area contributed by atoms with Crippen molar-refractivity contribution in [3.63, 3.8) is 0 Å². The Labute approximate surface area is 150 Å². The number of carbonyl (C=O) groups excluding carboxylic acids is 1. The maximum atomic E-state index is 13.1. The predicted octanol–water partition coefficient (Wildman–Crippen LogP) is 1.43. The summed E-state index contributed by atoms with van der Waals surface area (Å²) in [5.41, 5.74) is 2.72. The van der Waals surface area contributed by atoms with Crippen molar-refractivity contribution in [3.05, 3.63) is 29.0 Å². The van der Waals surface area contributed by atoms with Crippen LogP contribution in [0.15, 0.2) is 18.2 Å². The second-order valence-electron chi connectivity index (χ2n) is 4.94. The number of rotatable bonds is 4. The van der Waals surface area contributed by atoms with E-state index in [9.17, 15) is 22.4 Å². The number of ether oxygens (including phenoxy) is 1. The second kappa shape index (κ2) is 10.1. The van der Waals surface area contributed by atoms with Gasteiger partial charge in [-0.1, -0.05) is 11.6 Å². The number of aliphatic carboxylic acids is 1. The van der Waals surface area contributed by atoms with E-state index in [4.69, 9.17) is 26.2 Å². The summed E-state index contributed by atoms with van der Waals surface area (Å²) in [6.07, 6.45) is -5.08. The van der Waals surface area contributed by atoms with E-state index < -0.39 is 18.0 Å². The van der Waals surface area contributed by atoms with Crippen molar-refractivity contribution >= 4 is 23.5 Å². The lowest BCUT2D eigenvalue weighted by Crippen LogP contribution is -2.53. The predicted molar refractivity (Wildman–Crippen MR) is 83.2 cm³/mol. The van der Waals surface area contributed by atoms with Gasteiger partial charge in [-0.05, 0) is 12.1 Å². The summed E-state index contributed by atoms with van der Waals surface area (Å²) in [4.78, 5) is 20.5. The molecular weight excluding hydrogens is 386 g/mol. The van der Waals surface area contributed by atoms with Gasteiger partial charge in [0, 0.05) is 32.2 Å². The van der Waals surface area contributed by atoms with Crippen LogP contribution in [0.25, 0.3) is 0 Å². The van der Waals surface area contributed by atoms with Crippen LogP contribution in [-0.4, -0.2) is 61.0 Å². The van der Waals surface area contributed by atoms with E-state index >= 15 is 0 Å². The van der Waals surface area contributed by atoms with Crippen LogP contribution in [0.5, 0.6) is 5.75 Å². The monoisotopic (exact) mass is 401 g/mol. The molecule has 12 heteroatoms. The van der Waals surface area contributed by atoms with Gasteiger partial charge in [0.1, 0.15) is 11.6 Å². The van der Waals surface area contributed by atoms with Crippen LogP contribution in [-0.2, 0) is 9.59 Å². The first-order chi connectivity index (χ1) is 12.1. The molecular formula is C14H16ClF4N3O4. The Morgan fingerprint density at radius 2 is 1.88 bits per heavy atom. The molecule has 0 radical (unpaired) electrons. The molecule has 1 aliphatic rings. The van der Waals surface area contributed by atoms with E-state index in [0.717, 1.165) is 32.2 Å². The molecule has 0 aliphatic carbocycles. The van der Waals surface area contributed by atoms with Crippen molar-refractivity contribution < 1.29 is 37.0 Å². The van der Waals surface area contributed by atoms with Crippen LogP contribution < -0.4 is 15.5 Å². The number of benzene rings is 1. The molecule has 0 aromatic heterocycles. The van der Waals surface area contributed by atoms with Gasteiger partial charge >= 0.3 is 12.1 Å². The summed E-state index contributed by atoms with van der Waals surface area (Å²) in [6.45, 7) is 3.01. The Balaban J connectivity index is 0.000000412. The van der Waals surface area contributed by atoms with Gasteiger partial charge in [-0.15, -0.1) is 0 Å². The topological polar surface area (TPSA) is 90.9 Å². The molecule has 7 nitrogen and oxygen atoms in total. The van der Waals surface area contributed by atoms with E-state index in [0.29, 0.717) is 0 Å². The standard InChI is InChI=1S/C12H15ClFN3O2.C2HF3O2/c13-10-2-1-9(7-11(10)14)19-8-12(18)16-17-5-3-15-4-6-17;3-2(4,5)1(6)7/h1-2,7,15H,3-6,8H2,(H,16,18);(H,6,7). The van der Waals surface area contributed by atoms with E-state index in [2.05, 4.69) is 10.7 Å². The number of carboxylic acids is 1. The summed E-state index contributed by atoms with van der Waals surface area (Å²) < 4.78 is 50.1. The minimum absolute atomic E-state index is 0.0256. The minimum atomic E-state index is -5.08. The molecule has 1 heterocycles. The largest absolute Gasteiger partial charge is 0.490 e. The van der Waals surface area contributed by atoms with E-state index in [-0.39, 0.29) is 23.3 Å². The fourth-order valence-electron chi connectivity index (χ4n) is 1.70. The molecule has 0 unspecified atom stereocenters. The summed E-state index contributed by atoms with van der Waals surface area (Å²) in [5, 5.41) is 12.2. The van der Waals surface area contributed by atoms with Crippen LogP contribution in [0.2, 0.25) is 5.02 Å². The number of carbonyl (C=O) groups is 2. The summed E-state index contributed by atoms with van der Waals surface area (Å²) in [6, 6.07) is 4.06. The molecule has 2 rings (SSSR count). The highest BCUT2D eigenvalue weighted by Gasteiger charge is 2.38. The number of nitrogens with one attached hydrogen (secondary N) is 2. The Bertz CT molecular complexity index is 625. The molecule has 146 valence electrons. The Morgan fingerprint density at radius 3 is 2.38 bits per heavy atom. The molecule has 0 bridgehead atoms. The molecule has 1 amide bonds. The fraction of sp³-hybridized carbons (Fsp3) is 0.429. The number of hydrogen-bond acceptors (Lipinski definition) is 5. The third kappa shape index (κ3) is 8.32. The Hall–Kier alpha value is -2.11. The Kier molecular flexibility index (Phi) is 8.55. The van der Waals surface area contributed by atoms with Gasteiger partial charge < -0.3 is 15.2 Å². The first kappa shape index (κ1) is 21.9. The average Bonchev–Trinajstić information content (AvgIpc) is 2.56. The Morgan fingerprint density at radius 1 is 1.31 bits per heavy atom. The maximum Gasteiger partial charge on any atom is 0.490 e. The fourth-order valence-corrected chi connectivity index (χ4v) is 1.82. The number of hydrogen-bond donors (Lipinski definition) is 3. The highest BCUT2D eigenvalue weighted by Crippen LogP contribution is 2.20. The molecule has 26 heavy (non-hydrogen) atoms.